The highest BCUT2D eigenvalue weighted by Crippen LogP contribution is 2.09. The fraction of sp³-hybridized carbons (Fsp3) is 1.00. The number of likely N-dealkylation sites (N-methyl/N-ethyl adjacent to an activating group) is 2. The Morgan fingerprint density at radius 3 is 2.13 bits per heavy atom. The van der Waals surface area contributed by atoms with Gasteiger partial charge in [0.15, 0.2) is 0 Å². The molecule has 0 spiro atoms. The van der Waals surface area contributed by atoms with Crippen LogP contribution in [-0.2, 0) is 0 Å². The van der Waals surface area contributed by atoms with Gasteiger partial charge in [-0.3, -0.25) is 4.90 Å². The van der Waals surface area contributed by atoms with Gasteiger partial charge in [0, 0.05) is 19.1 Å². The molecule has 0 saturated carbocycles. The Hall–Kier alpha value is -0.0800. The summed E-state index contributed by atoms with van der Waals surface area (Å²) in [5.74, 6) is 0.820. The van der Waals surface area contributed by atoms with E-state index < -0.39 is 0 Å². The Labute approximate surface area is 96.4 Å². The largest absolute Gasteiger partial charge is 0.315 e. The van der Waals surface area contributed by atoms with Crippen molar-refractivity contribution in [3.8, 4) is 0 Å². The lowest BCUT2D eigenvalue weighted by Gasteiger charge is -2.32. The third kappa shape index (κ3) is 6.16. The van der Waals surface area contributed by atoms with Crippen molar-refractivity contribution in [3.63, 3.8) is 0 Å². The molecule has 0 fully saturated rings. The quantitative estimate of drug-likeness (QED) is 0.635. The van der Waals surface area contributed by atoms with Gasteiger partial charge in [0.1, 0.15) is 0 Å². The maximum absolute atomic E-state index is 3.46. The zero-order valence-electron chi connectivity index (χ0n) is 11.3. The first-order valence-corrected chi connectivity index (χ1v) is 6.64. The van der Waals surface area contributed by atoms with E-state index in [2.05, 4.69) is 44.8 Å². The van der Waals surface area contributed by atoms with Crippen molar-refractivity contribution in [1.82, 2.24) is 10.2 Å². The first kappa shape index (κ1) is 14.9. The van der Waals surface area contributed by atoms with Crippen molar-refractivity contribution < 1.29 is 0 Å². The van der Waals surface area contributed by atoms with E-state index in [1.807, 2.05) is 0 Å². The van der Waals surface area contributed by atoms with Crippen molar-refractivity contribution in [3.05, 3.63) is 0 Å². The molecule has 0 saturated heterocycles. The topological polar surface area (TPSA) is 15.3 Å². The summed E-state index contributed by atoms with van der Waals surface area (Å²) < 4.78 is 0. The summed E-state index contributed by atoms with van der Waals surface area (Å²) in [6.07, 6.45) is 2.53. The van der Waals surface area contributed by atoms with Crippen LogP contribution in [-0.4, -0.2) is 37.1 Å². The van der Waals surface area contributed by atoms with Crippen molar-refractivity contribution in [2.24, 2.45) is 5.92 Å². The monoisotopic (exact) mass is 214 g/mol. The third-order valence-corrected chi connectivity index (χ3v) is 3.27. The highest BCUT2D eigenvalue weighted by Gasteiger charge is 2.16. The highest BCUT2D eigenvalue weighted by molar-refractivity contribution is 4.73. The summed E-state index contributed by atoms with van der Waals surface area (Å²) in [7, 11) is 0. The van der Waals surface area contributed by atoms with E-state index >= 15 is 0 Å². The summed E-state index contributed by atoms with van der Waals surface area (Å²) in [4.78, 5) is 2.62. The van der Waals surface area contributed by atoms with E-state index in [9.17, 15) is 0 Å². The number of hydrogen-bond acceptors (Lipinski definition) is 2. The SMILES string of the molecule is CCNCC(CC)N(CC)CC(C)CC. The molecule has 0 radical (unpaired) electrons. The van der Waals surface area contributed by atoms with E-state index in [4.69, 9.17) is 0 Å². The molecule has 0 aromatic carbocycles. The summed E-state index contributed by atoms with van der Waals surface area (Å²) in [6, 6.07) is 0.712. The molecule has 0 amide bonds. The molecule has 2 heteroatoms. The van der Waals surface area contributed by atoms with Crippen LogP contribution in [0.25, 0.3) is 0 Å². The van der Waals surface area contributed by atoms with Gasteiger partial charge in [-0.05, 0) is 25.4 Å². The number of hydrogen-bond donors (Lipinski definition) is 1. The minimum Gasteiger partial charge on any atom is -0.315 e. The normalized spacial score (nSPS) is 15.6. The predicted octanol–water partition coefficient (Wildman–Crippen LogP) is 2.74. The van der Waals surface area contributed by atoms with E-state index in [-0.39, 0.29) is 0 Å². The molecule has 0 aromatic rings. The number of rotatable bonds is 9. The van der Waals surface area contributed by atoms with Gasteiger partial charge in [0.05, 0.1) is 0 Å². The van der Waals surface area contributed by atoms with E-state index in [0.717, 1.165) is 19.0 Å². The predicted molar refractivity (Wildman–Crippen MR) is 69.3 cm³/mol. The summed E-state index contributed by atoms with van der Waals surface area (Å²) in [5, 5.41) is 3.46. The summed E-state index contributed by atoms with van der Waals surface area (Å²) in [6.45, 7) is 16.0. The second-order valence-electron chi connectivity index (χ2n) is 4.47. The first-order valence-electron chi connectivity index (χ1n) is 6.64. The molecule has 0 bridgehead atoms. The molecule has 0 aliphatic carbocycles. The van der Waals surface area contributed by atoms with Gasteiger partial charge in [-0.25, -0.2) is 0 Å². The molecule has 0 rings (SSSR count). The summed E-state index contributed by atoms with van der Waals surface area (Å²) >= 11 is 0. The molecule has 1 N–H and O–H groups in total. The smallest absolute Gasteiger partial charge is 0.0218 e. The van der Waals surface area contributed by atoms with E-state index in [1.165, 1.54) is 25.9 Å². The van der Waals surface area contributed by atoms with Crippen LogP contribution in [0, 0.1) is 5.92 Å². The zero-order valence-corrected chi connectivity index (χ0v) is 11.3. The van der Waals surface area contributed by atoms with Gasteiger partial charge in [-0.2, -0.15) is 0 Å². The minimum atomic E-state index is 0.712. The molecule has 2 nitrogen and oxygen atoms in total. The lowest BCUT2D eigenvalue weighted by Crippen LogP contribution is -2.43. The van der Waals surface area contributed by atoms with Gasteiger partial charge in [-0.15, -0.1) is 0 Å². The minimum absolute atomic E-state index is 0.712. The van der Waals surface area contributed by atoms with Crippen LogP contribution in [0.4, 0.5) is 0 Å². The lowest BCUT2D eigenvalue weighted by molar-refractivity contribution is 0.170. The van der Waals surface area contributed by atoms with Crippen LogP contribution in [0.15, 0.2) is 0 Å². The average Bonchev–Trinajstić information content (AvgIpc) is 2.27. The fourth-order valence-electron chi connectivity index (χ4n) is 1.91. The van der Waals surface area contributed by atoms with Gasteiger partial charge in [0.2, 0.25) is 0 Å². The summed E-state index contributed by atoms with van der Waals surface area (Å²) in [5.41, 5.74) is 0. The van der Waals surface area contributed by atoms with Crippen molar-refractivity contribution in [2.75, 3.05) is 26.2 Å². The van der Waals surface area contributed by atoms with Gasteiger partial charge in [-0.1, -0.05) is 41.0 Å². The van der Waals surface area contributed by atoms with Crippen molar-refractivity contribution >= 4 is 0 Å². The Morgan fingerprint density at radius 1 is 1.07 bits per heavy atom. The number of nitrogens with zero attached hydrogens (tertiary/aromatic N) is 1. The molecule has 0 aliphatic heterocycles. The molecule has 92 valence electrons. The molecular formula is C13H30N2. The average molecular weight is 214 g/mol. The second-order valence-corrected chi connectivity index (χ2v) is 4.47. The van der Waals surface area contributed by atoms with Crippen LogP contribution in [0.3, 0.4) is 0 Å². The van der Waals surface area contributed by atoms with Gasteiger partial charge >= 0.3 is 0 Å². The first-order chi connectivity index (χ1) is 7.19. The van der Waals surface area contributed by atoms with E-state index in [1.54, 1.807) is 0 Å². The molecule has 0 heterocycles. The zero-order chi connectivity index (χ0) is 11.7. The second kappa shape index (κ2) is 9.17. The van der Waals surface area contributed by atoms with Crippen LogP contribution >= 0.6 is 0 Å². The standard InChI is InChI=1S/C13H30N2/c1-6-12(5)11-15(9-4)13(7-2)10-14-8-3/h12-14H,6-11H2,1-5H3. The van der Waals surface area contributed by atoms with Crippen molar-refractivity contribution in [2.45, 2.75) is 53.5 Å². The Bertz CT molecular complexity index is 136. The molecule has 0 aliphatic rings. The Kier molecular flexibility index (Phi) is 9.12. The Balaban J connectivity index is 4.07. The molecular weight excluding hydrogens is 184 g/mol. The van der Waals surface area contributed by atoms with Gasteiger partial charge in [0.25, 0.3) is 0 Å². The van der Waals surface area contributed by atoms with Crippen LogP contribution in [0.5, 0.6) is 0 Å². The van der Waals surface area contributed by atoms with E-state index in [0.29, 0.717) is 6.04 Å². The van der Waals surface area contributed by atoms with Crippen molar-refractivity contribution in [1.29, 1.82) is 0 Å². The molecule has 2 atom stereocenters. The molecule has 15 heavy (non-hydrogen) atoms. The molecule has 2 unspecified atom stereocenters. The third-order valence-electron chi connectivity index (χ3n) is 3.27. The maximum atomic E-state index is 3.46. The fourth-order valence-corrected chi connectivity index (χ4v) is 1.91. The van der Waals surface area contributed by atoms with Crippen LogP contribution < -0.4 is 5.32 Å². The number of nitrogens with one attached hydrogen (secondary N) is 1. The molecule has 0 aromatic heterocycles. The maximum Gasteiger partial charge on any atom is 0.0218 e. The van der Waals surface area contributed by atoms with Crippen LogP contribution in [0.2, 0.25) is 0 Å². The Morgan fingerprint density at radius 2 is 1.73 bits per heavy atom. The van der Waals surface area contributed by atoms with Crippen LogP contribution in [0.1, 0.15) is 47.5 Å². The van der Waals surface area contributed by atoms with Gasteiger partial charge < -0.3 is 5.32 Å². The highest BCUT2D eigenvalue weighted by atomic mass is 15.2. The lowest BCUT2D eigenvalue weighted by atomic mass is 10.1.